The van der Waals surface area contributed by atoms with Crippen LogP contribution >= 0.6 is 0 Å². The number of hydrogen-bond donors (Lipinski definition) is 0. The highest BCUT2D eigenvalue weighted by Crippen LogP contribution is 2.63. The fraction of sp³-hybridized carbons (Fsp3) is 0.538. The van der Waals surface area contributed by atoms with Crippen molar-refractivity contribution in [2.75, 3.05) is 12.1 Å². The third kappa shape index (κ3) is 2.43. The Balaban J connectivity index is 1.41. The van der Waals surface area contributed by atoms with Crippen molar-refractivity contribution < 1.29 is 14.3 Å². The zero-order valence-electron chi connectivity index (χ0n) is 18.5. The lowest BCUT2D eigenvalue weighted by Crippen LogP contribution is -2.80. The lowest BCUT2D eigenvalue weighted by molar-refractivity contribution is -0.189. The number of rotatable bonds is 3. The number of amides is 1. The van der Waals surface area contributed by atoms with Gasteiger partial charge in [0.2, 0.25) is 0 Å². The number of hydrazine groups is 1. The van der Waals surface area contributed by atoms with E-state index in [0.29, 0.717) is 17.8 Å². The van der Waals surface area contributed by atoms with Gasteiger partial charge in [-0.1, -0.05) is 36.4 Å². The molecule has 0 radical (unpaired) electrons. The van der Waals surface area contributed by atoms with Crippen LogP contribution in [0.4, 0.5) is 5.69 Å². The Labute approximate surface area is 183 Å². The molecule has 0 spiro atoms. The summed E-state index contributed by atoms with van der Waals surface area (Å²) >= 11 is 0. The van der Waals surface area contributed by atoms with Crippen LogP contribution < -0.4 is 5.01 Å². The first-order chi connectivity index (χ1) is 14.9. The Hall–Kier alpha value is -2.56. The molecule has 2 aromatic carbocycles. The quantitative estimate of drug-likeness (QED) is 0.686. The molecule has 2 atom stereocenters. The van der Waals surface area contributed by atoms with Crippen molar-refractivity contribution in [2.45, 2.75) is 57.5 Å². The van der Waals surface area contributed by atoms with E-state index in [4.69, 9.17) is 4.74 Å². The maximum Gasteiger partial charge on any atom is 0.311 e. The molecule has 1 saturated heterocycles. The van der Waals surface area contributed by atoms with E-state index in [1.807, 2.05) is 13.8 Å². The van der Waals surface area contributed by atoms with Crippen LogP contribution in [0.1, 0.15) is 46.0 Å². The normalized spacial score (nSPS) is 35.4. The summed E-state index contributed by atoms with van der Waals surface area (Å²) in [6.07, 6.45) is 4.91. The molecule has 31 heavy (non-hydrogen) atoms. The van der Waals surface area contributed by atoms with Crippen molar-refractivity contribution in [1.29, 1.82) is 0 Å². The average Bonchev–Trinajstić information content (AvgIpc) is 2.76. The number of ether oxygens (including phenoxy) is 1. The molecule has 5 fully saturated rings. The molecular formula is C26H30N2O3. The summed E-state index contributed by atoms with van der Waals surface area (Å²) in [6, 6.07) is 14.9. The summed E-state index contributed by atoms with van der Waals surface area (Å²) in [4.78, 5) is 26.2. The van der Waals surface area contributed by atoms with Gasteiger partial charge >= 0.3 is 5.97 Å². The number of esters is 1. The number of fused-ring (bicyclic) bond motifs is 1. The van der Waals surface area contributed by atoms with Crippen LogP contribution in [0.15, 0.2) is 42.5 Å². The van der Waals surface area contributed by atoms with Crippen LogP contribution in [0.3, 0.4) is 0 Å². The summed E-state index contributed by atoms with van der Waals surface area (Å²) < 4.78 is 5.23. The van der Waals surface area contributed by atoms with Crippen LogP contribution in [-0.4, -0.2) is 35.6 Å². The van der Waals surface area contributed by atoms with E-state index in [1.165, 1.54) is 17.9 Å². The number of nitrogens with zero attached hydrogens (tertiary/aromatic N) is 2. The van der Waals surface area contributed by atoms with Gasteiger partial charge in [-0.3, -0.25) is 14.6 Å². The van der Waals surface area contributed by atoms with E-state index < -0.39 is 5.54 Å². The highest BCUT2D eigenvalue weighted by atomic mass is 16.5. The van der Waals surface area contributed by atoms with E-state index >= 15 is 0 Å². The van der Waals surface area contributed by atoms with Crippen LogP contribution in [-0.2, 0) is 14.3 Å². The Morgan fingerprint density at radius 1 is 1.00 bits per heavy atom. The molecule has 2 aromatic rings. The molecule has 5 nitrogen and oxygen atoms in total. The fourth-order valence-corrected chi connectivity index (χ4v) is 7.63. The molecule has 0 aromatic heterocycles. The lowest BCUT2D eigenvalue weighted by atomic mass is 9.47. The topological polar surface area (TPSA) is 49.9 Å². The summed E-state index contributed by atoms with van der Waals surface area (Å²) in [5.41, 5.74) is 0.202. The predicted molar refractivity (Wildman–Crippen MR) is 119 cm³/mol. The minimum Gasteiger partial charge on any atom is -0.469 e. The number of methoxy groups -OCH3 is 1. The standard InChI is InChI=1S/C26H30N2O3/c1-25(2)23(29)27(28(25)21-10-6-8-17-7-4-5-9-20(17)21)22-18-11-16-12-19(22)15-26(13-16,14-18)24(30)31-3/h4-10,16,18-19,22H,11-15H2,1-3H3. The number of benzene rings is 2. The van der Waals surface area contributed by atoms with Gasteiger partial charge in [-0.15, -0.1) is 0 Å². The van der Waals surface area contributed by atoms with E-state index in [0.717, 1.165) is 37.8 Å². The maximum atomic E-state index is 13.5. The van der Waals surface area contributed by atoms with E-state index in [1.54, 1.807) is 0 Å². The summed E-state index contributed by atoms with van der Waals surface area (Å²) in [5.74, 6) is 1.48. The Morgan fingerprint density at radius 3 is 2.39 bits per heavy atom. The molecule has 1 amide bonds. The third-order valence-corrected chi connectivity index (χ3v) is 8.60. The molecule has 4 bridgehead atoms. The minimum atomic E-state index is -0.571. The summed E-state index contributed by atoms with van der Waals surface area (Å²) in [5, 5.41) is 6.67. The number of anilines is 1. The number of hydrogen-bond acceptors (Lipinski definition) is 4. The molecule has 5 heteroatoms. The van der Waals surface area contributed by atoms with Gasteiger partial charge in [0.15, 0.2) is 0 Å². The van der Waals surface area contributed by atoms with Crippen molar-refractivity contribution in [3.63, 3.8) is 0 Å². The molecule has 162 valence electrons. The van der Waals surface area contributed by atoms with Gasteiger partial charge in [0.25, 0.3) is 5.91 Å². The smallest absolute Gasteiger partial charge is 0.311 e. The molecule has 5 aliphatic rings. The first kappa shape index (κ1) is 19.1. The Morgan fingerprint density at radius 2 is 1.68 bits per heavy atom. The predicted octanol–water partition coefficient (Wildman–Crippen LogP) is 4.55. The minimum absolute atomic E-state index is 0.0356. The fourth-order valence-electron chi connectivity index (χ4n) is 7.63. The largest absolute Gasteiger partial charge is 0.469 e. The third-order valence-electron chi connectivity index (χ3n) is 8.60. The van der Waals surface area contributed by atoms with Crippen molar-refractivity contribution in [3.05, 3.63) is 42.5 Å². The second kappa shape index (κ2) is 6.24. The molecule has 1 heterocycles. The van der Waals surface area contributed by atoms with Crippen molar-refractivity contribution in [2.24, 2.45) is 23.2 Å². The average molecular weight is 419 g/mol. The second-order valence-electron chi connectivity index (χ2n) is 10.8. The first-order valence-corrected chi connectivity index (χ1v) is 11.6. The van der Waals surface area contributed by atoms with Crippen LogP contribution in [0.5, 0.6) is 0 Å². The lowest BCUT2D eigenvalue weighted by Gasteiger charge is -2.67. The Bertz CT molecular complexity index is 1070. The number of carbonyl (C=O) groups is 2. The zero-order valence-corrected chi connectivity index (χ0v) is 18.5. The first-order valence-electron chi connectivity index (χ1n) is 11.6. The molecule has 4 saturated carbocycles. The van der Waals surface area contributed by atoms with Crippen LogP contribution in [0, 0.1) is 23.2 Å². The zero-order chi connectivity index (χ0) is 21.5. The SMILES string of the molecule is COC(=O)C12CC3CC(C1)C(N1C(=O)C(C)(C)N1c1cccc4ccccc14)C(C3)C2. The van der Waals surface area contributed by atoms with E-state index in [-0.39, 0.29) is 23.3 Å². The van der Waals surface area contributed by atoms with Gasteiger partial charge in [0, 0.05) is 5.39 Å². The Kier molecular flexibility index (Phi) is 3.86. The van der Waals surface area contributed by atoms with Gasteiger partial charge in [-0.2, -0.15) is 0 Å². The van der Waals surface area contributed by atoms with Gasteiger partial charge in [0.1, 0.15) is 5.54 Å². The molecule has 7 rings (SSSR count). The van der Waals surface area contributed by atoms with Gasteiger partial charge in [-0.05, 0) is 75.2 Å². The highest BCUT2D eigenvalue weighted by molar-refractivity contribution is 6.03. The second-order valence-corrected chi connectivity index (χ2v) is 10.8. The van der Waals surface area contributed by atoms with Crippen LogP contribution in [0.25, 0.3) is 10.8 Å². The van der Waals surface area contributed by atoms with Crippen molar-refractivity contribution in [1.82, 2.24) is 5.01 Å². The maximum absolute atomic E-state index is 13.5. The molecule has 1 aliphatic heterocycles. The van der Waals surface area contributed by atoms with E-state index in [2.05, 4.69) is 52.5 Å². The summed E-state index contributed by atoms with van der Waals surface area (Å²) in [6.45, 7) is 4.05. The highest BCUT2D eigenvalue weighted by Gasteiger charge is 2.65. The number of carbonyl (C=O) groups excluding carboxylic acids is 2. The van der Waals surface area contributed by atoms with Crippen molar-refractivity contribution in [3.8, 4) is 0 Å². The van der Waals surface area contributed by atoms with Gasteiger partial charge in [0.05, 0.1) is 24.3 Å². The molecule has 0 N–H and O–H groups in total. The van der Waals surface area contributed by atoms with Crippen LogP contribution in [0.2, 0.25) is 0 Å². The molecular weight excluding hydrogens is 388 g/mol. The van der Waals surface area contributed by atoms with E-state index in [9.17, 15) is 9.59 Å². The van der Waals surface area contributed by atoms with Gasteiger partial charge in [-0.25, -0.2) is 5.01 Å². The monoisotopic (exact) mass is 418 g/mol. The van der Waals surface area contributed by atoms with Gasteiger partial charge < -0.3 is 4.74 Å². The molecule has 4 aliphatic carbocycles. The van der Waals surface area contributed by atoms with Crippen molar-refractivity contribution >= 4 is 28.3 Å². The molecule has 2 unspecified atom stereocenters. The summed E-state index contributed by atoms with van der Waals surface area (Å²) in [7, 11) is 1.52.